The van der Waals surface area contributed by atoms with Gasteiger partial charge in [-0.25, -0.2) is 4.79 Å². The van der Waals surface area contributed by atoms with Gasteiger partial charge in [-0.15, -0.1) is 0 Å². The van der Waals surface area contributed by atoms with Crippen LogP contribution in [0.3, 0.4) is 0 Å². The number of rotatable bonds is 6. The molecule has 0 atom stereocenters. The van der Waals surface area contributed by atoms with Gasteiger partial charge in [-0.2, -0.15) is 0 Å². The van der Waals surface area contributed by atoms with Crippen LogP contribution in [0.4, 0.5) is 10.5 Å². The number of ether oxygens (including phenoxy) is 1. The van der Waals surface area contributed by atoms with Crippen LogP contribution in [-0.4, -0.2) is 17.6 Å². The minimum Gasteiger partial charge on any atom is -0.445 e. The lowest BCUT2D eigenvalue weighted by atomic mass is 10.1. The summed E-state index contributed by atoms with van der Waals surface area (Å²) >= 11 is 0. The van der Waals surface area contributed by atoms with E-state index in [2.05, 4.69) is 10.3 Å². The molecule has 0 radical (unpaired) electrons. The first kappa shape index (κ1) is 16.5. The topological polar surface area (TPSA) is 77.2 Å². The van der Waals surface area contributed by atoms with E-state index < -0.39 is 6.09 Å². The molecular formula is C18H21N3O2. The van der Waals surface area contributed by atoms with E-state index in [9.17, 15) is 4.79 Å². The average Bonchev–Trinajstić information content (AvgIpc) is 2.56. The maximum Gasteiger partial charge on any atom is 0.407 e. The fourth-order valence-corrected chi connectivity index (χ4v) is 1.98. The number of nitrogen functional groups attached to an aromatic ring is 1. The van der Waals surface area contributed by atoms with E-state index in [0.717, 1.165) is 16.8 Å². The zero-order valence-electron chi connectivity index (χ0n) is 13.2. The van der Waals surface area contributed by atoms with Gasteiger partial charge in [0.05, 0.1) is 11.9 Å². The van der Waals surface area contributed by atoms with E-state index in [1.54, 1.807) is 6.20 Å². The van der Waals surface area contributed by atoms with Crippen molar-refractivity contribution in [2.24, 2.45) is 0 Å². The fourth-order valence-electron chi connectivity index (χ4n) is 1.98. The van der Waals surface area contributed by atoms with Gasteiger partial charge in [0.25, 0.3) is 0 Å². The van der Waals surface area contributed by atoms with Crippen LogP contribution < -0.4 is 11.1 Å². The first-order valence-corrected chi connectivity index (χ1v) is 7.48. The van der Waals surface area contributed by atoms with Crippen molar-refractivity contribution in [3.63, 3.8) is 0 Å². The smallest absolute Gasteiger partial charge is 0.407 e. The standard InChI is InChI=1S/C18H21N3O2/c1-14-16(11-17(19)12-21-14)9-5-6-10-20-18(22)23-13-15-7-3-2-4-8-15/h2-5,7-9,11-12H,6,10,13,19H2,1H3,(H,20,22). The number of hydrogen-bond donors (Lipinski definition) is 2. The van der Waals surface area contributed by atoms with Crippen molar-refractivity contribution in [1.29, 1.82) is 0 Å². The number of nitrogens with two attached hydrogens (primary N) is 1. The second-order valence-corrected chi connectivity index (χ2v) is 5.12. The Balaban J connectivity index is 1.67. The Hall–Kier alpha value is -2.82. The molecule has 120 valence electrons. The van der Waals surface area contributed by atoms with Crippen LogP contribution in [0.25, 0.3) is 6.08 Å². The predicted molar refractivity (Wildman–Crippen MR) is 91.7 cm³/mol. The van der Waals surface area contributed by atoms with Gasteiger partial charge in [0.1, 0.15) is 6.61 Å². The van der Waals surface area contributed by atoms with Crippen LogP contribution in [0.1, 0.15) is 23.2 Å². The molecule has 0 fully saturated rings. The van der Waals surface area contributed by atoms with E-state index in [-0.39, 0.29) is 6.61 Å². The molecule has 0 aliphatic carbocycles. The molecule has 1 amide bonds. The predicted octanol–water partition coefficient (Wildman–Crippen LogP) is 3.30. The lowest BCUT2D eigenvalue weighted by molar-refractivity contribution is 0.140. The molecule has 5 nitrogen and oxygen atoms in total. The number of anilines is 1. The number of carbonyl (C=O) groups excluding carboxylic acids is 1. The van der Waals surface area contributed by atoms with E-state index >= 15 is 0 Å². The summed E-state index contributed by atoms with van der Waals surface area (Å²) in [6, 6.07) is 11.5. The quantitative estimate of drug-likeness (QED) is 0.802. The number of hydrogen-bond acceptors (Lipinski definition) is 4. The Morgan fingerprint density at radius 3 is 2.91 bits per heavy atom. The van der Waals surface area contributed by atoms with Gasteiger partial charge in [0, 0.05) is 12.2 Å². The van der Waals surface area contributed by atoms with Crippen LogP contribution >= 0.6 is 0 Å². The second-order valence-electron chi connectivity index (χ2n) is 5.12. The third-order valence-corrected chi connectivity index (χ3v) is 3.24. The minimum atomic E-state index is -0.413. The second kappa shape index (κ2) is 8.58. The van der Waals surface area contributed by atoms with Gasteiger partial charge in [0.2, 0.25) is 0 Å². The Bertz CT molecular complexity index is 669. The largest absolute Gasteiger partial charge is 0.445 e. The number of benzene rings is 1. The third-order valence-electron chi connectivity index (χ3n) is 3.24. The molecule has 0 aliphatic heterocycles. The molecule has 1 aromatic heterocycles. The summed E-state index contributed by atoms with van der Waals surface area (Å²) in [6.45, 7) is 2.72. The van der Waals surface area contributed by atoms with Crippen molar-refractivity contribution in [3.05, 3.63) is 65.5 Å². The summed E-state index contributed by atoms with van der Waals surface area (Å²) in [5, 5.41) is 2.71. The van der Waals surface area contributed by atoms with Gasteiger partial charge in [0.15, 0.2) is 0 Å². The first-order valence-electron chi connectivity index (χ1n) is 7.48. The molecule has 0 saturated heterocycles. The summed E-state index contributed by atoms with van der Waals surface area (Å²) in [5.74, 6) is 0. The summed E-state index contributed by atoms with van der Waals surface area (Å²) in [7, 11) is 0. The van der Waals surface area contributed by atoms with Crippen LogP contribution in [0.2, 0.25) is 0 Å². The minimum absolute atomic E-state index is 0.274. The van der Waals surface area contributed by atoms with Gasteiger partial charge >= 0.3 is 6.09 Å². The van der Waals surface area contributed by atoms with Crippen molar-refractivity contribution in [2.75, 3.05) is 12.3 Å². The van der Waals surface area contributed by atoms with Crippen molar-refractivity contribution in [1.82, 2.24) is 10.3 Å². The van der Waals surface area contributed by atoms with E-state index in [1.165, 1.54) is 0 Å². The monoisotopic (exact) mass is 311 g/mol. The lowest BCUT2D eigenvalue weighted by Gasteiger charge is -2.06. The SMILES string of the molecule is Cc1ncc(N)cc1C=CCCNC(=O)OCc1ccccc1. The van der Waals surface area contributed by atoms with E-state index in [4.69, 9.17) is 10.5 Å². The normalized spacial score (nSPS) is 10.7. The molecule has 0 bridgehead atoms. The summed E-state index contributed by atoms with van der Waals surface area (Å²) in [4.78, 5) is 15.8. The summed E-state index contributed by atoms with van der Waals surface area (Å²) in [6.07, 6.45) is 5.85. The highest BCUT2D eigenvalue weighted by atomic mass is 16.5. The van der Waals surface area contributed by atoms with Crippen molar-refractivity contribution < 1.29 is 9.53 Å². The Kier molecular flexibility index (Phi) is 6.17. The maximum atomic E-state index is 11.6. The number of nitrogens with one attached hydrogen (secondary N) is 1. The third kappa shape index (κ3) is 5.82. The van der Waals surface area contributed by atoms with Gasteiger partial charge < -0.3 is 15.8 Å². The number of aromatic nitrogens is 1. The molecule has 0 aliphatic rings. The molecule has 3 N–H and O–H groups in total. The Morgan fingerprint density at radius 2 is 2.13 bits per heavy atom. The highest BCUT2D eigenvalue weighted by Crippen LogP contribution is 2.11. The zero-order valence-corrected chi connectivity index (χ0v) is 13.2. The number of pyridine rings is 1. The molecule has 0 saturated carbocycles. The number of aryl methyl sites for hydroxylation is 1. The first-order chi connectivity index (χ1) is 11.1. The lowest BCUT2D eigenvalue weighted by Crippen LogP contribution is -2.24. The highest BCUT2D eigenvalue weighted by molar-refractivity contribution is 5.67. The van der Waals surface area contributed by atoms with Crippen molar-refractivity contribution >= 4 is 17.9 Å². The molecule has 2 aromatic rings. The number of carbonyl (C=O) groups is 1. The molecular weight excluding hydrogens is 290 g/mol. The van der Waals surface area contributed by atoms with Crippen molar-refractivity contribution in [3.8, 4) is 0 Å². The van der Waals surface area contributed by atoms with Crippen LogP contribution in [0.15, 0.2) is 48.7 Å². The molecule has 2 rings (SSSR count). The number of amides is 1. The van der Waals surface area contributed by atoms with E-state index in [1.807, 2.05) is 55.5 Å². The number of alkyl carbamates (subject to hydrolysis) is 1. The van der Waals surface area contributed by atoms with Crippen molar-refractivity contribution in [2.45, 2.75) is 20.0 Å². The summed E-state index contributed by atoms with van der Waals surface area (Å²) < 4.78 is 5.13. The molecule has 23 heavy (non-hydrogen) atoms. The fraction of sp³-hybridized carbons (Fsp3) is 0.222. The molecule has 0 spiro atoms. The Labute approximate surface area is 136 Å². The molecule has 1 heterocycles. The van der Waals surface area contributed by atoms with Crippen LogP contribution in [-0.2, 0) is 11.3 Å². The molecule has 0 unspecified atom stereocenters. The van der Waals surface area contributed by atoms with Crippen LogP contribution in [0.5, 0.6) is 0 Å². The van der Waals surface area contributed by atoms with Crippen LogP contribution in [0, 0.1) is 6.92 Å². The van der Waals surface area contributed by atoms with Gasteiger partial charge in [-0.1, -0.05) is 42.5 Å². The Morgan fingerprint density at radius 1 is 1.35 bits per heavy atom. The summed E-state index contributed by atoms with van der Waals surface area (Å²) in [5.41, 5.74) is 9.22. The average molecular weight is 311 g/mol. The zero-order chi connectivity index (χ0) is 16.5. The molecule has 5 heteroatoms. The van der Waals surface area contributed by atoms with E-state index in [0.29, 0.717) is 18.7 Å². The number of nitrogens with zero attached hydrogens (tertiary/aromatic N) is 1. The highest BCUT2D eigenvalue weighted by Gasteiger charge is 2.01. The van der Waals surface area contributed by atoms with Gasteiger partial charge in [-0.05, 0) is 30.5 Å². The molecule has 1 aromatic carbocycles. The van der Waals surface area contributed by atoms with Gasteiger partial charge in [-0.3, -0.25) is 4.98 Å². The maximum absolute atomic E-state index is 11.6.